The summed E-state index contributed by atoms with van der Waals surface area (Å²) in [4.78, 5) is 1.18. The number of hydrogen-bond donors (Lipinski definition) is 2. The molecule has 2 rings (SSSR count). The zero-order valence-electron chi connectivity index (χ0n) is 7.78. The number of fused-ring (bicyclic) bond motifs is 1. The van der Waals surface area contributed by atoms with Crippen molar-refractivity contribution in [2.24, 2.45) is 0 Å². The Morgan fingerprint density at radius 3 is 2.86 bits per heavy atom. The van der Waals surface area contributed by atoms with Crippen molar-refractivity contribution in [2.45, 2.75) is 11.5 Å². The Kier molecular flexibility index (Phi) is 2.67. The molecule has 0 fully saturated rings. The SMILES string of the molecule is CSc1cc(CO)cc2sc(N)cc12. The molecule has 1 heterocycles. The van der Waals surface area contributed by atoms with Gasteiger partial charge in [-0.2, -0.15) is 0 Å². The molecule has 74 valence electrons. The predicted molar refractivity (Wildman–Crippen MR) is 63.9 cm³/mol. The van der Waals surface area contributed by atoms with Gasteiger partial charge < -0.3 is 10.8 Å². The van der Waals surface area contributed by atoms with E-state index in [-0.39, 0.29) is 6.61 Å². The molecule has 0 aliphatic rings. The van der Waals surface area contributed by atoms with Crippen molar-refractivity contribution < 1.29 is 5.11 Å². The number of thioether (sulfide) groups is 1. The van der Waals surface area contributed by atoms with Crippen molar-refractivity contribution in [2.75, 3.05) is 12.0 Å². The lowest BCUT2D eigenvalue weighted by Crippen LogP contribution is -1.83. The van der Waals surface area contributed by atoms with Crippen LogP contribution in [0.15, 0.2) is 23.1 Å². The van der Waals surface area contributed by atoms with Gasteiger partial charge in [-0.15, -0.1) is 23.1 Å². The maximum atomic E-state index is 9.09. The summed E-state index contributed by atoms with van der Waals surface area (Å²) in [6.45, 7) is 0.0846. The maximum Gasteiger partial charge on any atom is 0.0869 e. The van der Waals surface area contributed by atoms with Crippen LogP contribution in [0.5, 0.6) is 0 Å². The summed E-state index contributed by atoms with van der Waals surface area (Å²) in [5.74, 6) is 0. The summed E-state index contributed by atoms with van der Waals surface area (Å²) in [7, 11) is 0. The van der Waals surface area contributed by atoms with Gasteiger partial charge in [-0.1, -0.05) is 0 Å². The number of hydrogen-bond acceptors (Lipinski definition) is 4. The zero-order chi connectivity index (χ0) is 10.1. The normalized spacial score (nSPS) is 11.0. The molecule has 14 heavy (non-hydrogen) atoms. The average molecular weight is 225 g/mol. The smallest absolute Gasteiger partial charge is 0.0869 e. The summed E-state index contributed by atoms with van der Waals surface area (Å²) in [6.07, 6.45) is 2.03. The fourth-order valence-corrected chi connectivity index (χ4v) is 3.08. The first kappa shape index (κ1) is 9.83. The Hall–Kier alpha value is -0.710. The number of nitrogens with two attached hydrogens (primary N) is 1. The van der Waals surface area contributed by atoms with E-state index in [1.54, 1.807) is 23.1 Å². The molecule has 0 radical (unpaired) electrons. The van der Waals surface area contributed by atoms with Gasteiger partial charge in [0.05, 0.1) is 11.6 Å². The molecule has 0 saturated heterocycles. The molecule has 0 spiro atoms. The highest BCUT2D eigenvalue weighted by atomic mass is 32.2. The molecule has 1 aromatic carbocycles. The standard InChI is InChI=1S/C10H11NOS2/c1-13-8-2-6(5-12)3-9-7(8)4-10(11)14-9/h2-4,12H,5,11H2,1H3. The van der Waals surface area contributed by atoms with E-state index in [1.807, 2.05) is 24.5 Å². The number of rotatable bonds is 2. The minimum atomic E-state index is 0.0846. The van der Waals surface area contributed by atoms with Crippen molar-refractivity contribution >= 4 is 38.2 Å². The van der Waals surface area contributed by atoms with E-state index >= 15 is 0 Å². The van der Waals surface area contributed by atoms with Gasteiger partial charge >= 0.3 is 0 Å². The van der Waals surface area contributed by atoms with Gasteiger partial charge in [0.15, 0.2) is 0 Å². The second-order valence-corrected chi connectivity index (χ2v) is 4.98. The fourth-order valence-electron chi connectivity index (χ4n) is 1.44. The third-order valence-electron chi connectivity index (χ3n) is 2.08. The highest BCUT2D eigenvalue weighted by molar-refractivity contribution is 7.98. The molecule has 0 aliphatic heterocycles. The molecule has 0 atom stereocenters. The van der Waals surface area contributed by atoms with Gasteiger partial charge in [-0.25, -0.2) is 0 Å². The third kappa shape index (κ3) is 1.61. The van der Waals surface area contributed by atoms with Gasteiger partial charge in [0, 0.05) is 15.0 Å². The maximum absolute atomic E-state index is 9.09. The fraction of sp³-hybridized carbons (Fsp3) is 0.200. The van der Waals surface area contributed by atoms with Crippen LogP contribution in [0.3, 0.4) is 0 Å². The van der Waals surface area contributed by atoms with Crippen LogP contribution >= 0.6 is 23.1 Å². The number of nitrogen functional groups attached to an aromatic ring is 1. The van der Waals surface area contributed by atoms with Crippen molar-refractivity contribution in [3.8, 4) is 0 Å². The van der Waals surface area contributed by atoms with E-state index in [0.717, 1.165) is 15.3 Å². The van der Waals surface area contributed by atoms with Gasteiger partial charge in [-0.05, 0) is 30.0 Å². The third-order valence-corrected chi connectivity index (χ3v) is 3.77. The zero-order valence-corrected chi connectivity index (χ0v) is 9.41. The van der Waals surface area contributed by atoms with Crippen LogP contribution in [0.1, 0.15) is 5.56 Å². The van der Waals surface area contributed by atoms with Crippen LogP contribution in [0.25, 0.3) is 10.1 Å². The lowest BCUT2D eigenvalue weighted by atomic mass is 10.2. The molecular weight excluding hydrogens is 214 g/mol. The monoisotopic (exact) mass is 225 g/mol. The molecule has 2 nitrogen and oxygen atoms in total. The molecular formula is C10H11NOS2. The first-order valence-corrected chi connectivity index (χ1v) is 6.25. The van der Waals surface area contributed by atoms with Crippen molar-refractivity contribution in [3.05, 3.63) is 23.8 Å². The van der Waals surface area contributed by atoms with Crippen LogP contribution in [0.4, 0.5) is 5.00 Å². The van der Waals surface area contributed by atoms with Gasteiger partial charge in [-0.3, -0.25) is 0 Å². The quantitative estimate of drug-likeness (QED) is 0.772. The Bertz CT molecular complexity index is 464. The molecule has 1 aromatic heterocycles. The topological polar surface area (TPSA) is 46.2 Å². The number of aliphatic hydroxyl groups is 1. The number of aliphatic hydroxyl groups excluding tert-OH is 1. The lowest BCUT2D eigenvalue weighted by Gasteiger charge is -2.02. The van der Waals surface area contributed by atoms with Gasteiger partial charge in [0.25, 0.3) is 0 Å². The van der Waals surface area contributed by atoms with Gasteiger partial charge in [0.2, 0.25) is 0 Å². The van der Waals surface area contributed by atoms with Crippen LogP contribution in [-0.2, 0) is 6.61 Å². The number of anilines is 1. The van der Waals surface area contributed by atoms with E-state index in [1.165, 1.54) is 10.3 Å². The Morgan fingerprint density at radius 1 is 1.43 bits per heavy atom. The van der Waals surface area contributed by atoms with Crippen LogP contribution < -0.4 is 5.73 Å². The van der Waals surface area contributed by atoms with Crippen LogP contribution in [0, 0.1) is 0 Å². The first-order chi connectivity index (χ1) is 6.74. The minimum absolute atomic E-state index is 0.0846. The summed E-state index contributed by atoms with van der Waals surface area (Å²) in [5.41, 5.74) is 6.70. The van der Waals surface area contributed by atoms with E-state index < -0.39 is 0 Å². The Labute approximate surface area is 90.7 Å². The van der Waals surface area contributed by atoms with E-state index in [4.69, 9.17) is 10.8 Å². The van der Waals surface area contributed by atoms with Crippen LogP contribution in [0.2, 0.25) is 0 Å². The molecule has 0 aliphatic carbocycles. The highest BCUT2D eigenvalue weighted by Crippen LogP contribution is 2.35. The Balaban J connectivity index is 2.72. The summed E-state index contributed by atoms with van der Waals surface area (Å²) in [5, 5.41) is 11.1. The molecule has 0 amide bonds. The predicted octanol–water partition coefficient (Wildman–Crippen LogP) is 2.70. The van der Waals surface area contributed by atoms with Crippen molar-refractivity contribution in [1.29, 1.82) is 0 Å². The number of thiophene rings is 1. The average Bonchev–Trinajstić information content (AvgIpc) is 2.56. The molecule has 0 bridgehead atoms. The molecule has 0 saturated carbocycles. The second kappa shape index (κ2) is 3.81. The highest BCUT2D eigenvalue weighted by Gasteiger charge is 2.06. The van der Waals surface area contributed by atoms with E-state index in [0.29, 0.717) is 0 Å². The van der Waals surface area contributed by atoms with Crippen molar-refractivity contribution in [1.82, 2.24) is 0 Å². The van der Waals surface area contributed by atoms with E-state index in [2.05, 4.69) is 0 Å². The molecule has 0 unspecified atom stereocenters. The summed E-state index contributed by atoms with van der Waals surface area (Å²) < 4.78 is 1.15. The molecule has 2 aromatic rings. The largest absolute Gasteiger partial charge is 0.392 e. The molecule has 4 heteroatoms. The van der Waals surface area contributed by atoms with Crippen LogP contribution in [-0.4, -0.2) is 11.4 Å². The summed E-state index contributed by atoms with van der Waals surface area (Å²) >= 11 is 3.25. The lowest BCUT2D eigenvalue weighted by molar-refractivity contribution is 0.282. The van der Waals surface area contributed by atoms with Crippen molar-refractivity contribution in [3.63, 3.8) is 0 Å². The minimum Gasteiger partial charge on any atom is -0.392 e. The molecule has 3 N–H and O–H groups in total. The number of benzene rings is 1. The summed E-state index contributed by atoms with van der Waals surface area (Å²) in [6, 6.07) is 6.00. The second-order valence-electron chi connectivity index (χ2n) is 3.02. The first-order valence-electron chi connectivity index (χ1n) is 4.21. The van der Waals surface area contributed by atoms with E-state index in [9.17, 15) is 0 Å². The Morgan fingerprint density at radius 2 is 2.21 bits per heavy atom. The van der Waals surface area contributed by atoms with Gasteiger partial charge in [0.1, 0.15) is 0 Å².